The molecule has 0 saturated heterocycles. The minimum Gasteiger partial charge on any atom is -0.497 e. The van der Waals surface area contributed by atoms with E-state index < -0.39 is 10.3 Å². The third-order valence-electron chi connectivity index (χ3n) is 6.55. The van der Waals surface area contributed by atoms with Gasteiger partial charge in [-0.2, -0.15) is 0 Å². The van der Waals surface area contributed by atoms with Crippen LogP contribution in [0.1, 0.15) is 20.8 Å². The summed E-state index contributed by atoms with van der Waals surface area (Å²) in [6.07, 6.45) is 10.1. The fraction of sp³-hybridized carbons (Fsp3) is 0.357. The van der Waals surface area contributed by atoms with Crippen molar-refractivity contribution in [2.45, 2.75) is 25.5 Å². The van der Waals surface area contributed by atoms with E-state index in [1.807, 2.05) is 42.7 Å². The summed E-state index contributed by atoms with van der Waals surface area (Å²) in [5.41, 5.74) is 5.45. The summed E-state index contributed by atoms with van der Waals surface area (Å²) in [4.78, 5) is 14.8. The quantitative estimate of drug-likeness (QED) is 0.275. The van der Waals surface area contributed by atoms with Gasteiger partial charge in [0, 0.05) is 58.8 Å². The Bertz CT molecular complexity index is 1290. The molecule has 0 saturated carbocycles. The lowest BCUT2D eigenvalue weighted by molar-refractivity contribution is 0.359. The molecule has 2 heterocycles. The summed E-state index contributed by atoms with van der Waals surface area (Å²) in [6.45, 7) is 7.93. The van der Waals surface area contributed by atoms with Crippen molar-refractivity contribution in [3.63, 3.8) is 0 Å². The highest BCUT2D eigenvalue weighted by Gasteiger charge is 2.29. The number of H-pyrrole nitrogens is 1. The number of methoxy groups -OCH3 is 2. The Morgan fingerprint density at radius 3 is 2.25 bits per heavy atom. The van der Waals surface area contributed by atoms with E-state index in [-0.39, 0.29) is 4.75 Å². The molecule has 0 aliphatic carbocycles. The van der Waals surface area contributed by atoms with Crippen LogP contribution in [0.4, 0.5) is 11.4 Å². The van der Waals surface area contributed by atoms with Crippen molar-refractivity contribution in [2.24, 2.45) is 0 Å². The Labute approximate surface area is 215 Å². The van der Waals surface area contributed by atoms with Crippen LogP contribution in [0.3, 0.4) is 0 Å². The molecule has 0 atom stereocenters. The van der Waals surface area contributed by atoms with Crippen LogP contribution >= 0.6 is 10.3 Å². The molecule has 0 amide bonds. The molecule has 0 bridgehead atoms. The van der Waals surface area contributed by atoms with Crippen LogP contribution in [-0.2, 0) is 4.18 Å². The molecule has 36 heavy (non-hydrogen) atoms. The monoisotopic (exact) mass is 508 g/mol. The summed E-state index contributed by atoms with van der Waals surface area (Å²) in [5.74, 6) is 1.46. The largest absolute Gasteiger partial charge is 0.497 e. The van der Waals surface area contributed by atoms with Crippen LogP contribution in [0.25, 0.3) is 22.3 Å². The standard InChI is InChI=1S/C28H36N4O3S/c1-28(2,3)36(6,7)35-13-12-32(22-14-23(33-4)17-24(15-22)34-5)21-8-9-25-26(16-21)31-27(19-30-25)20-10-11-29-18-20/h8-11,14-19,29H,12-13H2,1-7H3. The van der Waals surface area contributed by atoms with Crippen molar-refractivity contribution >= 4 is 32.7 Å². The lowest BCUT2D eigenvalue weighted by atomic mass is 10.2. The van der Waals surface area contributed by atoms with Gasteiger partial charge >= 0.3 is 0 Å². The van der Waals surface area contributed by atoms with Crippen LogP contribution in [0.2, 0.25) is 0 Å². The highest BCUT2D eigenvalue weighted by Crippen LogP contribution is 2.53. The molecule has 0 radical (unpaired) electrons. The third-order valence-corrected chi connectivity index (χ3v) is 10.3. The predicted octanol–water partition coefficient (Wildman–Crippen LogP) is 6.57. The van der Waals surface area contributed by atoms with Gasteiger partial charge in [-0.25, -0.2) is 4.98 Å². The van der Waals surface area contributed by atoms with Crippen molar-refractivity contribution < 1.29 is 13.7 Å². The number of nitrogens with zero attached hydrogens (tertiary/aromatic N) is 3. The molecule has 2 aromatic heterocycles. The van der Waals surface area contributed by atoms with E-state index in [1.165, 1.54) is 0 Å². The number of ether oxygens (including phenoxy) is 2. The first-order chi connectivity index (χ1) is 17.1. The van der Waals surface area contributed by atoms with Gasteiger partial charge in [-0.05, 0) is 36.8 Å². The van der Waals surface area contributed by atoms with E-state index in [1.54, 1.807) is 20.4 Å². The predicted molar refractivity (Wildman–Crippen MR) is 151 cm³/mol. The fourth-order valence-electron chi connectivity index (χ4n) is 3.66. The van der Waals surface area contributed by atoms with Crippen molar-refractivity contribution in [3.8, 4) is 22.8 Å². The average molecular weight is 509 g/mol. The summed E-state index contributed by atoms with van der Waals surface area (Å²) < 4.78 is 17.7. The molecular weight excluding hydrogens is 472 g/mol. The van der Waals surface area contributed by atoms with E-state index in [9.17, 15) is 0 Å². The number of nitrogens with one attached hydrogen (secondary N) is 1. The summed E-state index contributed by atoms with van der Waals surface area (Å²) in [6, 6.07) is 14.0. The zero-order chi connectivity index (χ0) is 25.9. The maximum Gasteiger partial charge on any atom is 0.124 e. The molecule has 0 fully saturated rings. The van der Waals surface area contributed by atoms with Gasteiger partial charge in [0.15, 0.2) is 0 Å². The number of aromatic nitrogens is 3. The summed E-state index contributed by atoms with van der Waals surface area (Å²) >= 11 is 0. The second-order valence-corrected chi connectivity index (χ2v) is 13.8. The number of hydrogen-bond donors (Lipinski definition) is 1. The van der Waals surface area contributed by atoms with Crippen molar-refractivity contribution in [1.82, 2.24) is 15.0 Å². The molecule has 7 nitrogen and oxygen atoms in total. The summed E-state index contributed by atoms with van der Waals surface area (Å²) in [5, 5.41) is 0. The number of fused-ring (bicyclic) bond motifs is 1. The van der Waals surface area contributed by atoms with E-state index in [2.05, 4.69) is 60.3 Å². The Hall–Kier alpha value is -3.23. The topological polar surface area (TPSA) is 72.5 Å². The maximum absolute atomic E-state index is 6.48. The molecule has 4 rings (SSSR count). The highest BCUT2D eigenvalue weighted by atomic mass is 32.3. The molecular formula is C28H36N4O3S. The van der Waals surface area contributed by atoms with Gasteiger partial charge in [-0.15, -0.1) is 10.3 Å². The Morgan fingerprint density at radius 1 is 0.917 bits per heavy atom. The number of rotatable bonds is 9. The SMILES string of the molecule is COc1cc(OC)cc(N(CCOS(C)(C)C(C)(C)C)c2ccc3ncc(-c4cc[nH]c4)nc3c2)c1. The lowest BCUT2D eigenvalue weighted by Gasteiger charge is -2.44. The van der Waals surface area contributed by atoms with Crippen LogP contribution in [-0.4, -0.2) is 59.6 Å². The fourth-order valence-corrected chi connectivity index (χ4v) is 4.50. The average Bonchev–Trinajstić information content (AvgIpc) is 3.40. The number of benzene rings is 2. The Balaban J connectivity index is 1.73. The lowest BCUT2D eigenvalue weighted by Crippen LogP contribution is -2.29. The zero-order valence-electron chi connectivity index (χ0n) is 22.2. The minimum atomic E-state index is -1.25. The zero-order valence-corrected chi connectivity index (χ0v) is 23.0. The summed E-state index contributed by atoms with van der Waals surface area (Å²) in [7, 11) is 2.07. The van der Waals surface area contributed by atoms with Gasteiger partial charge in [0.1, 0.15) is 11.5 Å². The van der Waals surface area contributed by atoms with Gasteiger partial charge in [0.2, 0.25) is 0 Å². The van der Waals surface area contributed by atoms with Crippen molar-refractivity contribution in [2.75, 3.05) is 44.8 Å². The third kappa shape index (κ3) is 5.60. The normalized spacial score (nSPS) is 12.5. The van der Waals surface area contributed by atoms with Crippen LogP contribution in [0.15, 0.2) is 61.1 Å². The Kier molecular flexibility index (Phi) is 7.47. The van der Waals surface area contributed by atoms with Gasteiger partial charge in [-0.3, -0.25) is 4.98 Å². The first-order valence-electron chi connectivity index (χ1n) is 11.9. The van der Waals surface area contributed by atoms with Crippen LogP contribution in [0, 0.1) is 0 Å². The minimum absolute atomic E-state index is 0.0875. The van der Waals surface area contributed by atoms with Crippen molar-refractivity contribution in [3.05, 3.63) is 61.1 Å². The first kappa shape index (κ1) is 25.9. The van der Waals surface area contributed by atoms with Gasteiger partial charge in [0.25, 0.3) is 0 Å². The van der Waals surface area contributed by atoms with Crippen molar-refractivity contribution in [1.29, 1.82) is 0 Å². The van der Waals surface area contributed by atoms with E-state index in [4.69, 9.17) is 18.6 Å². The number of anilines is 2. The number of hydrogen-bond acceptors (Lipinski definition) is 6. The second kappa shape index (κ2) is 10.4. The maximum atomic E-state index is 6.48. The molecule has 0 aliphatic heterocycles. The molecule has 8 heteroatoms. The van der Waals surface area contributed by atoms with E-state index in [0.29, 0.717) is 13.2 Å². The molecule has 0 aliphatic rings. The Morgan fingerprint density at radius 2 is 1.64 bits per heavy atom. The second-order valence-electron chi connectivity index (χ2n) is 9.92. The smallest absolute Gasteiger partial charge is 0.124 e. The van der Waals surface area contributed by atoms with E-state index in [0.717, 1.165) is 45.2 Å². The first-order valence-corrected chi connectivity index (χ1v) is 14.3. The molecule has 0 spiro atoms. The van der Waals surface area contributed by atoms with Gasteiger partial charge in [-0.1, -0.05) is 20.8 Å². The van der Waals surface area contributed by atoms with Gasteiger partial charge in [0.05, 0.1) is 43.8 Å². The van der Waals surface area contributed by atoms with Crippen LogP contribution < -0.4 is 14.4 Å². The highest BCUT2D eigenvalue weighted by molar-refractivity contribution is 8.29. The van der Waals surface area contributed by atoms with Crippen LogP contribution in [0.5, 0.6) is 11.5 Å². The number of aromatic amines is 1. The van der Waals surface area contributed by atoms with Gasteiger partial charge < -0.3 is 23.5 Å². The molecule has 1 N–H and O–H groups in total. The molecule has 2 aromatic carbocycles. The molecule has 4 aromatic rings. The molecule has 0 unspecified atom stereocenters. The van der Waals surface area contributed by atoms with E-state index >= 15 is 0 Å². The molecule has 192 valence electrons.